The Morgan fingerprint density at radius 1 is 1.45 bits per heavy atom. The van der Waals surface area contributed by atoms with Crippen molar-refractivity contribution in [3.63, 3.8) is 0 Å². The Labute approximate surface area is 197 Å². The van der Waals surface area contributed by atoms with Gasteiger partial charge in [-0.25, -0.2) is 4.79 Å². The molecule has 1 N–H and O–H groups in total. The molecule has 10 nitrogen and oxygen atoms in total. The minimum Gasteiger partial charge on any atom is -0.463 e. The lowest BCUT2D eigenvalue weighted by atomic mass is 10.2. The highest BCUT2D eigenvalue weighted by Crippen LogP contribution is 2.25. The molecule has 1 unspecified atom stereocenters. The molecule has 2 aromatic rings. The monoisotopic (exact) mass is 495 g/mol. The van der Waals surface area contributed by atoms with Crippen molar-refractivity contribution < 1.29 is 24.0 Å². The van der Waals surface area contributed by atoms with Crippen molar-refractivity contribution in [3.05, 3.63) is 58.4 Å². The summed E-state index contributed by atoms with van der Waals surface area (Å²) in [7, 11) is 0. The number of hydrogen-bond acceptors (Lipinski definition) is 8. The molecule has 2 heterocycles. The zero-order valence-corrected chi connectivity index (χ0v) is 19.3. The van der Waals surface area contributed by atoms with E-state index in [0.29, 0.717) is 18.7 Å². The summed E-state index contributed by atoms with van der Waals surface area (Å²) < 4.78 is 12.0. The molecule has 0 saturated carbocycles. The van der Waals surface area contributed by atoms with Gasteiger partial charge in [-0.1, -0.05) is 17.7 Å². The second-order valence-electron chi connectivity index (χ2n) is 7.14. The highest BCUT2D eigenvalue weighted by molar-refractivity contribution is 7.07. The maximum Gasteiger partial charge on any atom is 0.333 e. The number of thiazole rings is 1. The molecule has 3 rings (SSSR count). The number of rotatable bonds is 8. The van der Waals surface area contributed by atoms with E-state index in [0.717, 1.165) is 30.3 Å². The van der Waals surface area contributed by atoms with Gasteiger partial charge in [0.1, 0.15) is 16.2 Å². The second-order valence-corrected chi connectivity index (χ2v) is 8.61. The van der Waals surface area contributed by atoms with Crippen LogP contribution in [0.15, 0.2) is 23.0 Å². The maximum absolute atomic E-state index is 13.0. The van der Waals surface area contributed by atoms with Crippen molar-refractivity contribution >= 4 is 52.7 Å². The van der Waals surface area contributed by atoms with E-state index >= 15 is 0 Å². The third kappa shape index (κ3) is 6.50. The summed E-state index contributed by atoms with van der Waals surface area (Å²) >= 11 is 6.82. The van der Waals surface area contributed by atoms with Crippen LogP contribution >= 0.6 is 22.9 Å². The number of nitrogens with one attached hydrogen (secondary N) is 1. The van der Waals surface area contributed by atoms with E-state index in [2.05, 4.69) is 5.32 Å². The van der Waals surface area contributed by atoms with Crippen LogP contribution in [0.25, 0.3) is 12.2 Å². The summed E-state index contributed by atoms with van der Waals surface area (Å²) in [6.07, 6.45) is 4.32. The molecule has 1 aliphatic heterocycles. The summed E-state index contributed by atoms with van der Waals surface area (Å²) in [5, 5.41) is 13.9. The largest absolute Gasteiger partial charge is 0.463 e. The molecule has 1 atom stereocenters. The minimum atomic E-state index is -0.652. The van der Waals surface area contributed by atoms with Gasteiger partial charge in [-0.05, 0) is 37.5 Å². The van der Waals surface area contributed by atoms with E-state index in [9.17, 15) is 24.5 Å². The van der Waals surface area contributed by atoms with E-state index < -0.39 is 22.4 Å². The van der Waals surface area contributed by atoms with Gasteiger partial charge in [0.05, 0.1) is 28.2 Å². The Morgan fingerprint density at radius 3 is 2.91 bits per heavy atom. The van der Waals surface area contributed by atoms with Gasteiger partial charge in [-0.2, -0.15) is 0 Å². The molecule has 1 aromatic heterocycles. The number of benzene rings is 1. The first-order valence-electron chi connectivity index (χ1n) is 10.2. The molecule has 1 amide bonds. The molecule has 33 heavy (non-hydrogen) atoms. The lowest BCUT2D eigenvalue weighted by molar-refractivity contribution is -0.384. The number of nitro groups is 1. The predicted molar refractivity (Wildman–Crippen MR) is 123 cm³/mol. The third-order valence-electron chi connectivity index (χ3n) is 4.78. The van der Waals surface area contributed by atoms with E-state index in [-0.39, 0.29) is 39.2 Å². The van der Waals surface area contributed by atoms with Crippen LogP contribution in [0.4, 0.5) is 5.69 Å². The van der Waals surface area contributed by atoms with Crippen LogP contribution in [0, 0.1) is 10.1 Å². The van der Waals surface area contributed by atoms with Crippen molar-refractivity contribution in [1.82, 2.24) is 9.88 Å². The number of amides is 1. The van der Waals surface area contributed by atoms with Crippen LogP contribution in [0.3, 0.4) is 0 Å². The van der Waals surface area contributed by atoms with E-state index in [4.69, 9.17) is 21.1 Å². The topological polar surface area (TPSA) is 130 Å². The highest BCUT2D eigenvalue weighted by Gasteiger charge is 2.17. The highest BCUT2D eigenvalue weighted by atomic mass is 35.5. The summed E-state index contributed by atoms with van der Waals surface area (Å²) in [5.74, 6) is -1.06. The van der Waals surface area contributed by atoms with Gasteiger partial charge in [0.15, 0.2) is 0 Å². The number of carbonyl (C=O) groups excluding carboxylic acids is 2. The molecule has 1 fully saturated rings. The molecule has 0 aliphatic carbocycles. The Kier molecular flexibility index (Phi) is 8.37. The van der Waals surface area contributed by atoms with Gasteiger partial charge in [-0.15, -0.1) is 11.3 Å². The molecule has 1 aromatic carbocycles. The molecular weight excluding hydrogens is 474 g/mol. The Bertz CT molecular complexity index is 1230. The number of halogens is 1. The van der Waals surface area contributed by atoms with Gasteiger partial charge in [0, 0.05) is 19.2 Å². The quantitative estimate of drug-likeness (QED) is 0.327. The molecule has 176 valence electrons. The Hall–Kier alpha value is -3.02. The number of esters is 1. The van der Waals surface area contributed by atoms with Crippen molar-refractivity contribution in [2.75, 3.05) is 19.8 Å². The van der Waals surface area contributed by atoms with Crippen LogP contribution < -0.4 is 20.1 Å². The minimum absolute atomic E-state index is 0.0278. The number of nitrogens with zero attached hydrogens (tertiary/aromatic N) is 2. The maximum atomic E-state index is 13.0. The fraction of sp³-hybridized carbons (Fsp3) is 0.381. The van der Waals surface area contributed by atoms with E-state index in [1.54, 1.807) is 6.92 Å². The first kappa shape index (κ1) is 24.6. The molecular formula is C21H22ClN3O7S. The number of nitro benzene ring substituents is 1. The molecule has 0 spiro atoms. The average Bonchev–Trinajstić information content (AvgIpc) is 3.38. The summed E-state index contributed by atoms with van der Waals surface area (Å²) in [6.45, 7) is 2.49. The van der Waals surface area contributed by atoms with Crippen LogP contribution in [0.2, 0.25) is 5.02 Å². The van der Waals surface area contributed by atoms with Crippen molar-refractivity contribution in [3.8, 4) is 0 Å². The average molecular weight is 496 g/mol. The Morgan fingerprint density at radius 2 is 2.24 bits per heavy atom. The zero-order valence-electron chi connectivity index (χ0n) is 17.7. The van der Waals surface area contributed by atoms with Crippen LogP contribution in [-0.2, 0) is 25.6 Å². The summed E-state index contributed by atoms with van der Waals surface area (Å²) in [4.78, 5) is 48.0. The fourth-order valence-electron chi connectivity index (χ4n) is 3.22. The molecule has 12 heteroatoms. The first-order chi connectivity index (χ1) is 15.8. The first-order valence-corrected chi connectivity index (χ1v) is 11.4. The second kappa shape index (κ2) is 11.2. The summed E-state index contributed by atoms with van der Waals surface area (Å²) in [5.41, 5.74) is -0.434. The van der Waals surface area contributed by atoms with Crippen molar-refractivity contribution in [2.24, 2.45) is 0 Å². The normalized spacial score (nSPS) is 16.7. The molecule has 1 saturated heterocycles. The van der Waals surface area contributed by atoms with Gasteiger partial charge in [0.25, 0.3) is 11.2 Å². The number of ether oxygens (including phenoxy) is 2. The summed E-state index contributed by atoms with van der Waals surface area (Å²) in [6, 6.07) is 4.14. The van der Waals surface area contributed by atoms with E-state index in [1.165, 1.54) is 28.8 Å². The third-order valence-corrected chi connectivity index (χ3v) is 6.16. The van der Waals surface area contributed by atoms with Gasteiger partial charge in [0.2, 0.25) is 5.91 Å². The van der Waals surface area contributed by atoms with Crippen molar-refractivity contribution in [2.45, 2.75) is 32.4 Å². The number of carbonyl (C=O) groups is 2. The van der Waals surface area contributed by atoms with Gasteiger partial charge in [-0.3, -0.25) is 24.3 Å². The van der Waals surface area contributed by atoms with Crippen molar-refractivity contribution in [1.29, 1.82) is 0 Å². The number of aromatic nitrogens is 1. The van der Waals surface area contributed by atoms with Gasteiger partial charge < -0.3 is 14.8 Å². The molecule has 0 radical (unpaired) electrons. The molecule has 1 aliphatic rings. The Balaban J connectivity index is 1.96. The molecule has 0 bridgehead atoms. The smallest absolute Gasteiger partial charge is 0.333 e. The fourth-order valence-corrected chi connectivity index (χ4v) is 4.44. The lowest BCUT2D eigenvalue weighted by Gasteiger charge is -2.10. The van der Waals surface area contributed by atoms with Gasteiger partial charge >= 0.3 is 5.97 Å². The zero-order chi connectivity index (χ0) is 24.0. The predicted octanol–water partition coefficient (Wildman–Crippen LogP) is 0.939. The van der Waals surface area contributed by atoms with Crippen LogP contribution in [0.5, 0.6) is 0 Å². The van der Waals surface area contributed by atoms with Crippen LogP contribution in [0.1, 0.15) is 25.3 Å². The standard InChI is InChI=1S/C21H22ClN3O7S/c1-2-31-20(27)10-19-24(12-18(26)23-11-14-4-3-7-32-14)21(28)17(33-19)9-13-5-6-15(22)16(8-13)25(29)30/h5-6,8-10,14H,2-4,7,11-12H2,1H3,(H,23,26)/b17-9+,19-10-. The van der Waals surface area contributed by atoms with E-state index in [1.807, 2.05) is 0 Å². The SMILES string of the molecule is CCOC(=O)/C=c1\s/c(=C/c2ccc(Cl)c([N+](=O)[O-])c2)c(=O)n1CC(=O)NCC1CCCO1. The van der Waals surface area contributed by atoms with Crippen LogP contribution in [-0.4, -0.2) is 47.2 Å². The lowest BCUT2D eigenvalue weighted by Crippen LogP contribution is -2.40. The number of hydrogen-bond donors (Lipinski definition) is 1.